The number of hydrogen-bond acceptors (Lipinski definition) is 7. The number of alkyl halides is 3. The Hall–Kier alpha value is -4.82. The zero-order valence-corrected chi connectivity index (χ0v) is 27.4. The number of aromatic amines is 1. The predicted molar refractivity (Wildman–Crippen MR) is 174 cm³/mol. The molecule has 1 amide bonds. The van der Waals surface area contributed by atoms with Crippen molar-refractivity contribution in [2.75, 3.05) is 33.2 Å². The first kappa shape index (κ1) is 32.7. The molecule has 2 aliphatic rings. The molecule has 7 rings (SSSR count). The Bertz CT molecular complexity index is 2010. The van der Waals surface area contributed by atoms with Crippen molar-refractivity contribution in [2.45, 2.75) is 45.1 Å². The monoisotopic (exact) mass is 676 g/mol. The molecule has 0 aliphatic carbocycles. The lowest BCUT2D eigenvalue weighted by molar-refractivity contribution is -0.139. The van der Waals surface area contributed by atoms with E-state index in [2.05, 4.69) is 25.0 Å². The number of ether oxygens (including phenoxy) is 1. The van der Waals surface area contributed by atoms with Gasteiger partial charge < -0.3 is 19.5 Å². The number of carbonyl (C=O) groups is 1. The van der Waals surface area contributed by atoms with Gasteiger partial charge in [0.1, 0.15) is 11.4 Å². The van der Waals surface area contributed by atoms with E-state index in [4.69, 9.17) is 4.74 Å². The third-order valence-electron chi connectivity index (χ3n) is 9.34. The van der Waals surface area contributed by atoms with Crippen LogP contribution >= 0.6 is 0 Å². The zero-order chi connectivity index (χ0) is 34.4. The molecule has 0 saturated carbocycles. The predicted octanol–water partition coefficient (Wildman–Crippen LogP) is 5.57. The van der Waals surface area contributed by atoms with Gasteiger partial charge in [0.15, 0.2) is 11.6 Å². The highest BCUT2D eigenvalue weighted by Crippen LogP contribution is 2.37. The molecule has 10 nitrogen and oxygen atoms in total. The number of benzene rings is 1. The summed E-state index contributed by atoms with van der Waals surface area (Å²) in [5.74, 6) is -0.541. The van der Waals surface area contributed by atoms with Gasteiger partial charge in [-0.15, -0.1) is 0 Å². The van der Waals surface area contributed by atoms with Crippen molar-refractivity contribution < 1.29 is 27.1 Å². The van der Waals surface area contributed by atoms with Crippen LogP contribution in [0.3, 0.4) is 0 Å². The van der Waals surface area contributed by atoms with Crippen LogP contribution in [0.1, 0.15) is 34.9 Å². The van der Waals surface area contributed by atoms with E-state index in [9.17, 15) is 18.0 Å². The minimum absolute atomic E-state index is 0.0116. The number of carbonyl (C=O) groups excluding carboxylic acids is 1. The molecule has 1 saturated heterocycles. The summed E-state index contributed by atoms with van der Waals surface area (Å²) in [5.41, 5.74) is 3.18. The smallest absolute Gasteiger partial charge is 0.418 e. The molecule has 0 spiro atoms. The van der Waals surface area contributed by atoms with Crippen LogP contribution in [0, 0.1) is 5.82 Å². The molecule has 14 heteroatoms. The van der Waals surface area contributed by atoms with Crippen molar-refractivity contribution in [1.29, 1.82) is 0 Å². The second-order valence-corrected chi connectivity index (χ2v) is 13.0. The third-order valence-corrected chi connectivity index (χ3v) is 9.34. The molecule has 2 aliphatic heterocycles. The Labute approximate surface area is 280 Å². The van der Waals surface area contributed by atoms with Gasteiger partial charge in [-0.05, 0) is 61.3 Å². The van der Waals surface area contributed by atoms with Gasteiger partial charge in [-0.1, -0.05) is 6.07 Å². The van der Waals surface area contributed by atoms with Crippen molar-refractivity contribution in [3.05, 3.63) is 88.9 Å². The van der Waals surface area contributed by atoms with Crippen LogP contribution in [0.2, 0.25) is 0 Å². The number of fused-ring (bicyclic) bond motifs is 2. The number of rotatable bonds is 7. The van der Waals surface area contributed by atoms with E-state index in [1.807, 2.05) is 31.1 Å². The summed E-state index contributed by atoms with van der Waals surface area (Å²) in [6.45, 7) is 5.14. The molecule has 1 fully saturated rings. The summed E-state index contributed by atoms with van der Waals surface area (Å²) < 4.78 is 65.3. The van der Waals surface area contributed by atoms with Crippen LogP contribution in [-0.2, 0) is 43.9 Å². The Morgan fingerprint density at radius 3 is 2.55 bits per heavy atom. The van der Waals surface area contributed by atoms with Crippen LogP contribution in [-0.4, -0.2) is 84.6 Å². The Balaban J connectivity index is 1.08. The molecule has 0 bridgehead atoms. The fourth-order valence-corrected chi connectivity index (χ4v) is 6.58. The average molecular weight is 677 g/mol. The molecule has 5 aromatic rings. The minimum atomic E-state index is -4.59. The average Bonchev–Trinajstić information content (AvgIpc) is 3.70. The summed E-state index contributed by atoms with van der Waals surface area (Å²) in [4.78, 5) is 30.9. The van der Waals surface area contributed by atoms with Gasteiger partial charge in [0, 0.05) is 70.3 Å². The molecule has 0 unspecified atom stereocenters. The first-order valence-corrected chi connectivity index (χ1v) is 16.1. The number of likely N-dealkylation sites (N-methyl/N-ethyl adjacent to an activating group) is 1. The highest BCUT2D eigenvalue weighted by Gasteiger charge is 2.36. The molecule has 1 aromatic carbocycles. The van der Waals surface area contributed by atoms with Crippen molar-refractivity contribution in [1.82, 2.24) is 39.4 Å². The first-order valence-electron chi connectivity index (χ1n) is 16.1. The van der Waals surface area contributed by atoms with E-state index in [0.29, 0.717) is 42.0 Å². The molecule has 1 atom stereocenters. The van der Waals surface area contributed by atoms with Crippen LogP contribution in [0.4, 0.5) is 17.6 Å². The quantitative estimate of drug-likeness (QED) is 0.225. The maximum atomic E-state index is 15.1. The normalized spacial score (nSPS) is 17.4. The number of aryl methyl sites for hydroxylation is 1. The van der Waals surface area contributed by atoms with Crippen LogP contribution in [0.25, 0.3) is 22.3 Å². The van der Waals surface area contributed by atoms with E-state index in [1.165, 1.54) is 6.20 Å². The highest BCUT2D eigenvalue weighted by molar-refractivity contribution is 5.88. The second-order valence-electron chi connectivity index (χ2n) is 13.0. The van der Waals surface area contributed by atoms with E-state index in [-0.39, 0.29) is 48.5 Å². The lowest BCUT2D eigenvalue weighted by Gasteiger charge is -2.35. The van der Waals surface area contributed by atoms with Gasteiger partial charge in [-0.25, -0.2) is 9.37 Å². The minimum Gasteiger partial charge on any atom is -0.453 e. The summed E-state index contributed by atoms with van der Waals surface area (Å²) in [7, 11) is 3.79. The zero-order valence-electron chi connectivity index (χ0n) is 27.4. The Kier molecular flexibility index (Phi) is 8.61. The highest BCUT2D eigenvalue weighted by atomic mass is 19.4. The largest absolute Gasteiger partial charge is 0.453 e. The van der Waals surface area contributed by atoms with Crippen molar-refractivity contribution in [3.8, 4) is 22.8 Å². The summed E-state index contributed by atoms with van der Waals surface area (Å²) in [6.07, 6.45) is 1.75. The van der Waals surface area contributed by atoms with E-state index >= 15 is 4.39 Å². The number of aromatic nitrogens is 5. The summed E-state index contributed by atoms with van der Waals surface area (Å²) >= 11 is 0. The summed E-state index contributed by atoms with van der Waals surface area (Å²) in [5, 5.41) is 4.65. The molecule has 49 heavy (non-hydrogen) atoms. The maximum Gasteiger partial charge on any atom is 0.418 e. The fourth-order valence-electron chi connectivity index (χ4n) is 6.58. The van der Waals surface area contributed by atoms with Crippen molar-refractivity contribution in [2.24, 2.45) is 7.05 Å². The SMILES string of the molecule is C[C@@H]1Cc2ccc(Oc3c(F)cnc4[nH]c(-c5cnn(C)c5)cc34)cc2CN1C(=O)Cc1cnc(CN2CCN(C)CC2)c(C(F)(F)F)c1. The van der Waals surface area contributed by atoms with Gasteiger partial charge in [0.25, 0.3) is 0 Å². The van der Waals surface area contributed by atoms with Gasteiger partial charge >= 0.3 is 6.18 Å². The Morgan fingerprint density at radius 1 is 1.02 bits per heavy atom. The summed E-state index contributed by atoms with van der Waals surface area (Å²) in [6, 6.07) is 8.08. The molecule has 256 valence electrons. The van der Waals surface area contributed by atoms with Gasteiger partial charge in [0.05, 0.1) is 41.2 Å². The van der Waals surface area contributed by atoms with Crippen LogP contribution < -0.4 is 4.74 Å². The van der Waals surface area contributed by atoms with Crippen molar-refractivity contribution >= 4 is 16.9 Å². The van der Waals surface area contributed by atoms with E-state index in [1.54, 1.807) is 41.0 Å². The molecule has 6 heterocycles. The molecule has 0 radical (unpaired) electrons. The molecular formula is C35H36F4N8O2. The number of nitrogens with zero attached hydrogens (tertiary/aromatic N) is 7. The number of halogens is 4. The third kappa shape index (κ3) is 6.88. The van der Waals surface area contributed by atoms with Gasteiger partial charge in [-0.3, -0.25) is 19.4 Å². The number of amides is 1. The topological polar surface area (TPSA) is 95.4 Å². The maximum absolute atomic E-state index is 15.1. The lowest BCUT2D eigenvalue weighted by Crippen LogP contribution is -2.44. The first-order chi connectivity index (χ1) is 23.4. The van der Waals surface area contributed by atoms with E-state index in [0.717, 1.165) is 42.0 Å². The fraction of sp³-hybridized carbons (Fsp3) is 0.371. The standard InChI is InChI=1S/C35H36F4N8O2/c1-21-10-23-4-5-26(49-33-27-14-30(25-16-42-45(3)18-25)43-34(27)41-17-29(33)36)13-24(23)19-47(21)32(48)12-22-11-28(35(37,38)39)31(40-15-22)20-46-8-6-44(2)7-9-46/h4-5,11,13-18,21H,6-10,12,19-20H2,1-3H3,(H,41,43)/t21-/m1/s1. The van der Waals surface area contributed by atoms with Gasteiger partial charge in [0.2, 0.25) is 5.91 Å². The number of piperazine rings is 1. The number of hydrogen-bond donors (Lipinski definition) is 1. The number of H-pyrrole nitrogens is 1. The van der Waals surface area contributed by atoms with Crippen LogP contribution in [0.15, 0.2) is 55.1 Å². The number of nitrogens with one attached hydrogen (secondary N) is 1. The Morgan fingerprint density at radius 2 is 1.82 bits per heavy atom. The van der Waals surface area contributed by atoms with Crippen LogP contribution in [0.5, 0.6) is 11.5 Å². The number of pyridine rings is 2. The molecule has 1 N–H and O–H groups in total. The molecular weight excluding hydrogens is 640 g/mol. The van der Waals surface area contributed by atoms with Crippen molar-refractivity contribution in [3.63, 3.8) is 0 Å². The van der Waals surface area contributed by atoms with Gasteiger partial charge in [-0.2, -0.15) is 18.3 Å². The van der Waals surface area contributed by atoms with E-state index < -0.39 is 17.6 Å². The lowest BCUT2D eigenvalue weighted by atomic mass is 9.94. The second kappa shape index (κ2) is 12.9. The molecule has 4 aromatic heterocycles.